The molecule has 0 aliphatic carbocycles. The number of halogens is 1. The third kappa shape index (κ3) is 11.4. The normalized spacial score (nSPS) is 10.3. The minimum atomic E-state index is 1.12. The van der Waals surface area contributed by atoms with Gasteiger partial charge in [0.15, 0.2) is 0 Å². The van der Waals surface area contributed by atoms with Crippen molar-refractivity contribution >= 4 is 44.4 Å². The fraction of sp³-hybridized carbons (Fsp3) is 0.0769. The van der Waals surface area contributed by atoms with Crippen LogP contribution in [0.25, 0.3) is 22.3 Å². The Morgan fingerprint density at radius 1 is 0.327 bits per heavy atom. The van der Waals surface area contributed by atoms with Crippen molar-refractivity contribution in [3.05, 3.63) is 233 Å². The van der Waals surface area contributed by atoms with Crippen LogP contribution in [0.3, 0.4) is 0 Å². The zero-order valence-corrected chi connectivity index (χ0v) is 33.5. The van der Waals surface area contributed by atoms with E-state index in [2.05, 4.69) is 254 Å². The Balaban J connectivity index is 0.000000155. The lowest BCUT2D eigenvalue weighted by molar-refractivity contribution is 1.26. The van der Waals surface area contributed by atoms with Gasteiger partial charge in [-0.3, -0.25) is 0 Å². The molecule has 272 valence electrons. The molecule has 8 aromatic carbocycles. The first kappa shape index (κ1) is 38.6. The van der Waals surface area contributed by atoms with Crippen LogP contribution >= 0.6 is 15.9 Å². The largest absolute Gasteiger partial charge is 0.356 e. The summed E-state index contributed by atoms with van der Waals surface area (Å²) in [6.45, 7) is 8.47. The summed E-state index contributed by atoms with van der Waals surface area (Å²) >= 11 is 3.42. The van der Waals surface area contributed by atoms with Crippen LogP contribution in [0.5, 0.6) is 0 Å². The quantitative estimate of drug-likeness (QED) is 0.173. The molecule has 1 N–H and O–H groups in total. The number of hydrogen-bond donors (Lipinski definition) is 1. The molecule has 0 saturated heterocycles. The van der Waals surface area contributed by atoms with Gasteiger partial charge in [0.2, 0.25) is 0 Å². The van der Waals surface area contributed by atoms with Gasteiger partial charge in [-0.1, -0.05) is 149 Å². The van der Waals surface area contributed by atoms with Crippen molar-refractivity contribution in [2.24, 2.45) is 0 Å². The lowest BCUT2D eigenvalue weighted by Gasteiger charge is -2.26. The Hall–Kier alpha value is -6.16. The maximum Gasteiger partial charge on any atom is 0.0464 e. The Bertz CT molecular complexity index is 2300. The molecule has 55 heavy (non-hydrogen) atoms. The fourth-order valence-corrected chi connectivity index (χ4v) is 6.56. The summed E-state index contributed by atoms with van der Waals surface area (Å²) in [5, 5.41) is 3.39. The predicted molar refractivity (Wildman–Crippen MR) is 241 cm³/mol. The zero-order chi connectivity index (χ0) is 38.4. The Morgan fingerprint density at radius 2 is 0.691 bits per heavy atom. The van der Waals surface area contributed by atoms with E-state index in [0.29, 0.717) is 0 Å². The molecule has 0 amide bonds. The second-order valence-corrected chi connectivity index (χ2v) is 14.6. The summed E-state index contributed by atoms with van der Waals surface area (Å²) in [5.74, 6) is 0. The molecule has 0 saturated carbocycles. The van der Waals surface area contributed by atoms with E-state index in [-0.39, 0.29) is 0 Å². The van der Waals surface area contributed by atoms with Gasteiger partial charge in [-0.05, 0) is 145 Å². The van der Waals surface area contributed by atoms with Gasteiger partial charge in [-0.2, -0.15) is 0 Å². The van der Waals surface area contributed by atoms with Crippen LogP contribution in [0, 0.1) is 27.7 Å². The molecule has 0 bridgehead atoms. The average Bonchev–Trinajstić information content (AvgIpc) is 3.20. The van der Waals surface area contributed by atoms with Gasteiger partial charge in [-0.15, -0.1) is 0 Å². The molecule has 3 heteroatoms. The Labute approximate surface area is 335 Å². The van der Waals surface area contributed by atoms with E-state index in [4.69, 9.17) is 0 Å². The van der Waals surface area contributed by atoms with Crippen molar-refractivity contribution in [2.75, 3.05) is 10.2 Å². The van der Waals surface area contributed by atoms with E-state index in [1.807, 2.05) is 6.07 Å². The van der Waals surface area contributed by atoms with Crippen LogP contribution in [0.1, 0.15) is 22.3 Å². The summed E-state index contributed by atoms with van der Waals surface area (Å²) in [4.78, 5) is 2.31. The van der Waals surface area contributed by atoms with Crippen molar-refractivity contribution in [3.8, 4) is 22.3 Å². The van der Waals surface area contributed by atoms with Crippen molar-refractivity contribution in [1.82, 2.24) is 0 Å². The van der Waals surface area contributed by atoms with Crippen molar-refractivity contribution in [2.45, 2.75) is 27.7 Å². The summed E-state index contributed by atoms with van der Waals surface area (Å²) in [6, 6.07) is 72.1. The molecule has 2 nitrogen and oxygen atoms in total. The van der Waals surface area contributed by atoms with Crippen molar-refractivity contribution in [3.63, 3.8) is 0 Å². The molecule has 0 radical (unpaired) electrons. The van der Waals surface area contributed by atoms with Gasteiger partial charge in [0.05, 0.1) is 0 Å². The standard InChI is InChI=1S/C26H23N.C14H15N.C12H9Br/c1-20-8-6-12-25(18-20)27(26-13-7-9-21(2)19-26)24-16-14-23(15-17-24)22-10-4-3-5-11-22;1-11-5-3-7-13(9-11)15-14-8-4-6-12(2)10-14;13-12-8-6-11(7-9-12)10-4-2-1-3-5-10/h3-19H,1-2H3;3-10,15H,1-2H3;1-9H. The summed E-state index contributed by atoms with van der Waals surface area (Å²) in [6.07, 6.45) is 0. The molecule has 8 rings (SSSR count). The van der Waals surface area contributed by atoms with Crippen LogP contribution in [-0.4, -0.2) is 0 Å². The monoisotopic (exact) mass is 778 g/mol. The van der Waals surface area contributed by atoms with Crippen molar-refractivity contribution in [1.29, 1.82) is 0 Å². The van der Waals surface area contributed by atoms with Crippen LogP contribution in [0.4, 0.5) is 28.4 Å². The summed E-state index contributed by atoms with van der Waals surface area (Å²) in [7, 11) is 0. The Kier molecular flexibility index (Phi) is 13.5. The molecule has 0 heterocycles. The van der Waals surface area contributed by atoms with Gasteiger partial charge in [0.25, 0.3) is 0 Å². The van der Waals surface area contributed by atoms with E-state index in [0.717, 1.165) is 21.5 Å². The first-order valence-electron chi connectivity index (χ1n) is 18.6. The molecule has 8 aromatic rings. The SMILES string of the molecule is Brc1ccc(-c2ccccc2)cc1.Cc1cccc(N(c2ccc(-c3ccccc3)cc2)c2cccc(C)c2)c1.Cc1cccc(Nc2cccc(C)c2)c1. The number of rotatable bonds is 7. The van der Waals surface area contributed by atoms with Crippen LogP contribution in [0.2, 0.25) is 0 Å². The van der Waals surface area contributed by atoms with Crippen LogP contribution < -0.4 is 10.2 Å². The number of anilines is 5. The van der Waals surface area contributed by atoms with Gasteiger partial charge < -0.3 is 10.2 Å². The molecular weight excluding hydrogens is 732 g/mol. The maximum absolute atomic E-state index is 3.42. The van der Waals surface area contributed by atoms with E-state index in [1.165, 1.54) is 55.9 Å². The molecule has 0 aliphatic rings. The molecule has 0 unspecified atom stereocenters. The highest BCUT2D eigenvalue weighted by Gasteiger charge is 2.13. The maximum atomic E-state index is 3.42. The molecular formula is C52H47BrN2. The predicted octanol–water partition coefficient (Wildman–Crippen LogP) is 15.6. The number of benzene rings is 8. The number of aryl methyl sites for hydroxylation is 4. The van der Waals surface area contributed by atoms with Gasteiger partial charge in [-0.25, -0.2) is 0 Å². The molecule has 0 atom stereocenters. The number of hydrogen-bond acceptors (Lipinski definition) is 2. The molecule has 0 aromatic heterocycles. The number of nitrogens with one attached hydrogen (secondary N) is 1. The number of nitrogens with zero attached hydrogens (tertiary/aromatic N) is 1. The second-order valence-electron chi connectivity index (χ2n) is 13.7. The van der Waals surface area contributed by atoms with E-state index >= 15 is 0 Å². The summed E-state index contributed by atoms with van der Waals surface area (Å²) in [5.41, 5.74) is 15.8. The third-order valence-corrected chi connectivity index (χ3v) is 9.56. The van der Waals surface area contributed by atoms with E-state index in [1.54, 1.807) is 0 Å². The first-order valence-corrected chi connectivity index (χ1v) is 19.4. The highest BCUT2D eigenvalue weighted by molar-refractivity contribution is 9.10. The smallest absolute Gasteiger partial charge is 0.0464 e. The molecule has 0 fully saturated rings. The average molecular weight is 780 g/mol. The van der Waals surface area contributed by atoms with E-state index in [9.17, 15) is 0 Å². The lowest BCUT2D eigenvalue weighted by Crippen LogP contribution is -2.10. The minimum absolute atomic E-state index is 1.12. The molecule has 0 spiro atoms. The van der Waals surface area contributed by atoms with Crippen molar-refractivity contribution < 1.29 is 0 Å². The summed E-state index contributed by atoms with van der Waals surface area (Å²) < 4.78 is 1.12. The first-order chi connectivity index (χ1) is 26.8. The highest BCUT2D eigenvalue weighted by atomic mass is 79.9. The van der Waals surface area contributed by atoms with Gasteiger partial charge in [0.1, 0.15) is 0 Å². The Morgan fingerprint density at radius 3 is 1.09 bits per heavy atom. The van der Waals surface area contributed by atoms with Gasteiger partial charge in [0, 0.05) is 32.9 Å². The van der Waals surface area contributed by atoms with Gasteiger partial charge >= 0.3 is 0 Å². The van der Waals surface area contributed by atoms with Crippen LogP contribution in [0.15, 0.2) is 211 Å². The fourth-order valence-electron chi connectivity index (χ4n) is 6.30. The van der Waals surface area contributed by atoms with E-state index < -0.39 is 0 Å². The highest BCUT2D eigenvalue weighted by Crippen LogP contribution is 2.36. The molecule has 0 aliphatic heterocycles. The topological polar surface area (TPSA) is 15.3 Å². The zero-order valence-electron chi connectivity index (χ0n) is 32.0. The third-order valence-electron chi connectivity index (χ3n) is 9.03. The minimum Gasteiger partial charge on any atom is -0.356 e. The lowest BCUT2D eigenvalue weighted by atomic mass is 10.0. The second kappa shape index (κ2) is 19.3. The van der Waals surface area contributed by atoms with Crippen LogP contribution in [-0.2, 0) is 0 Å².